The van der Waals surface area contributed by atoms with Crippen LogP contribution >= 0.6 is 34.5 Å². The highest BCUT2D eigenvalue weighted by Gasteiger charge is 2.16. The fourth-order valence-electron chi connectivity index (χ4n) is 2.04. The molecule has 1 amide bonds. The molecule has 0 aliphatic carbocycles. The maximum atomic E-state index is 12.3. The number of oxazole rings is 1. The molecule has 25 heavy (non-hydrogen) atoms. The normalized spacial score (nSPS) is 11.1. The van der Waals surface area contributed by atoms with Crippen LogP contribution in [0.3, 0.4) is 0 Å². The van der Waals surface area contributed by atoms with Crippen LogP contribution in [0.5, 0.6) is 0 Å². The molecule has 0 radical (unpaired) electrons. The van der Waals surface area contributed by atoms with Gasteiger partial charge in [0.25, 0.3) is 5.91 Å². The predicted molar refractivity (Wildman–Crippen MR) is 98.4 cm³/mol. The predicted octanol–water partition coefficient (Wildman–Crippen LogP) is 4.95. The van der Waals surface area contributed by atoms with E-state index >= 15 is 0 Å². The Morgan fingerprint density at radius 2 is 2.08 bits per heavy atom. The lowest BCUT2D eigenvalue weighted by atomic mass is 10.1. The van der Waals surface area contributed by atoms with Crippen LogP contribution in [-0.2, 0) is 6.42 Å². The van der Waals surface area contributed by atoms with Crippen molar-refractivity contribution >= 4 is 45.6 Å². The standard InChI is InChI=1S/C16H14Cl2N4O2S/c1-8(2)5-13-21-22-16(25-13)20-14(23)12-7-24-15(19-12)9-3-4-10(17)11(18)6-9/h3-4,6-8H,5H2,1-2H3,(H,20,22,23). The maximum absolute atomic E-state index is 12.3. The molecule has 3 rings (SSSR count). The molecule has 1 aromatic carbocycles. The van der Waals surface area contributed by atoms with Gasteiger partial charge in [0, 0.05) is 12.0 Å². The number of rotatable bonds is 5. The number of halogens is 2. The Bertz CT molecular complexity index is 907. The second-order valence-corrected chi connectivity index (χ2v) is 7.60. The number of amides is 1. The minimum atomic E-state index is -0.415. The number of carbonyl (C=O) groups excluding carboxylic acids is 1. The van der Waals surface area contributed by atoms with Gasteiger partial charge in [0.1, 0.15) is 11.3 Å². The van der Waals surface area contributed by atoms with Gasteiger partial charge in [-0.15, -0.1) is 10.2 Å². The van der Waals surface area contributed by atoms with Gasteiger partial charge in [0.05, 0.1) is 10.0 Å². The van der Waals surface area contributed by atoms with Crippen molar-refractivity contribution < 1.29 is 9.21 Å². The van der Waals surface area contributed by atoms with Crippen molar-refractivity contribution in [2.24, 2.45) is 5.92 Å². The number of nitrogens with one attached hydrogen (secondary N) is 1. The van der Waals surface area contributed by atoms with Gasteiger partial charge in [-0.1, -0.05) is 48.4 Å². The molecule has 0 aliphatic rings. The fourth-order valence-corrected chi connectivity index (χ4v) is 3.28. The zero-order chi connectivity index (χ0) is 18.0. The van der Waals surface area contributed by atoms with Crippen LogP contribution in [-0.4, -0.2) is 21.1 Å². The minimum Gasteiger partial charge on any atom is -0.444 e. The van der Waals surface area contributed by atoms with Gasteiger partial charge in [-0.05, 0) is 24.1 Å². The molecule has 0 aliphatic heterocycles. The zero-order valence-corrected chi connectivity index (χ0v) is 15.7. The van der Waals surface area contributed by atoms with Gasteiger partial charge >= 0.3 is 0 Å². The molecule has 0 unspecified atom stereocenters. The Labute approximate surface area is 158 Å². The topological polar surface area (TPSA) is 80.9 Å². The van der Waals surface area contributed by atoms with E-state index in [-0.39, 0.29) is 11.6 Å². The van der Waals surface area contributed by atoms with Crippen LogP contribution in [0.1, 0.15) is 29.3 Å². The second-order valence-electron chi connectivity index (χ2n) is 5.72. The van der Waals surface area contributed by atoms with Crippen LogP contribution in [0, 0.1) is 5.92 Å². The van der Waals surface area contributed by atoms with Crippen LogP contribution < -0.4 is 5.32 Å². The van der Waals surface area contributed by atoms with E-state index in [1.54, 1.807) is 18.2 Å². The van der Waals surface area contributed by atoms with Crippen molar-refractivity contribution in [3.63, 3.8) is 0 Å². The van der Waals surface area contributed by atoms with E-state index in [1.807, 2.05) is 0 Å². The second kappa shape index (κ2) is 7.51. The van der Waals surface area contributed by atoms with Crippen molar-refractivity contribution in [2.75, 3.05) is 5.32 Å². The SMILES string of the molecule is CC(C)Cc1nnc(NC(=O)c2coc(-c3ccc(Cl)c(Cl)c3)n2)s1. The number of benzene rings is 1. The average molecular weight is 397 g/mol. The lowest BCUT2D eigenvalue weighted by Crippen LogP contribution is -2.12. The first kappa shape index (κ1) is 17.8. The van der Waals surface area contributed by atoms with E-state index in [4.69, 9.17) is 27.6 Å². The summed E-state index contributed by atoms with van der Waals surface area (Å²) >= 11 is 13.2. The Morgan fingerprint density at radius 3 is 2.80 bits per heavy atom. The van der Waals surface area contributed by atoms with Crippen molar-refractivity contribution in [1.82, 2.24) is 15.2 Å². The van der Waals surface area contributed by atoms with Gasteiger partial charge < -0.3 is 4.42 Å². The highest BCUT2D eigenvalue weighted by Crippen LogP contribution is 2.28. The van der Waals surface area contributed by atoms with Crippen molar-refractivity contribution in [3.05, 3.63) is 45.2 Å². The number of aromatic nitrogens is 3. The van der Waals surface area contributed by atoms with Crippen molar-refractivity contribution in [3.8, 4) is 11.5 Å². The first-order chi connectivity index (χ1) is 11.9. The third kappa shape index (κ3) is 4.36. The third-order valence-electron chi connectivity index (χ3n) is 3.17. The number of carbonyl (C=O) groups is 1. The molecule has 3 aromatic rings. The smallest absolute Gasteiger partial charge is 0.279 e. The van der Waals surface area contributed by atoms with Gasteiger partial charge in [0.15, 0.2) is 5.69 Å². The monoisotopic (exact) mass is 396 g/mol. The Hall–Kier alpha value is -1.96. The molecule has 9 heteroatoms. The summed E-state index contributed by atoms with van der Waals surface area (Å²) in [7, 11) is 0. The quantitative estimate of drug-likeness (QED) is 0.659. The highest BCUT2D eigenvalue weighted by atomic mass is 35.5. The van der Waals surface area contributed by atoms with Crippen LogP contribution in [0.2, 0.25) is 10.0 Å². The first-order valence-corrected chi connectivity index (χ1v) is 9.04. The molecule has 2 aromatic heterocycles. The summed E-state index contributed by atoms with van der Waals surface area (Å²) < 4.78 is 5.36. The summed E-state index contributed by atoms with van der Waals surface area (Å²) in [5, 5.41) is 12.8. The molecular weight excluding hydrogens is 383 g/mol. The summed E-state index contributed by atoms with van der Waals surface area (Å²) in [6.07, 6.45) is 2.10. The molecular formula is C16H14Cl2N4O2S. The number of hydrogen-bond donors (Lipinski definition) is 1. The number of nitrogens with zero attached hydrogens (tertiary/aromatic N) is 3. The molecule has 6 nitrogen and oxygen atoms in total. The molecule has 130 valence electrons. The molecule has 0 atom stereocenters. The summed E-state index contributed by atoms with van der Waals surface area (Å²) in [4.78, 5) is 16.4. The van der Waals surface area contributed by atoms with Crippen molar-refractivity contribution in [2.45, 2.75) is 20.3 Å². The van der Waals surface area contributed by atoms with E-state index < -0.39 is 5.91 Å². The molecule has 2 heterocycles. The summed E-state index contributed by atoms with van der Waals surface area (Å²) in [6, 6.07) is 4.98. The first-order valence-electron chi connectivity index (χ1n) is 7.47. The van der Waals surface area contributed by atoms with E-state index in [9.17, 15) is 4.79 Å². The lowest BCUT2D eigenvalue weighted by Gasteiger charge is -1.98. The van der Waals surface area contributed by atoms with E-state index in [0.717, 1.165) is 11.4 Å². The fraction of sp³-hybridized carbons (Fsp3) is 0.250. The average Bonchev–Trinajstić information content (AvgIpc) is 3.19. The third-order valence-corrected chi connectivity index (χ3v) is 4.77. The highest BCUT2D eigenvalue weighted by molar-refractivity contribution is 7.15. The minimum absolute atomic E-state index is 0.140. The molecule has 0 fully saturated rings. The Balaban J connectivity index is 1.72. The molecule has 0 spiro atoms. The van der Waals surface area contributed by atoms with E-state index in [2.05, 4.69) is 34.3 Å². The molecule has 1 N–H and O–H groups in total. The summed E-state index contributed by atoms with van der Waals surface area (Å²) in [5.41, 5.74) is 0.769. The lowest BCUT2D eigenvalue weighted by molar-refractivity contribution is 0.102. The van der Waals surface area contributed by atoms with Gasteiger partial charge in [-0.3, -0.25) is 10.1 Å². The van der Waals surface area contributed by atoms with Crippen LogP contribution in [0.4, 0.5) is 5.13 Å². The van der Waals surface area contributed by atoms with Gasteiger partial charge in [-0.25, -0.2) is 4.98 Å². The molecule has 0 bridgehead atoms. The van der Waals surface area contributed by atoms with Crippen molar-refractivity contribution in [1.29, 1.82) is 0 Å². The maximum Gasteiger partial charge on any atom is 0.279 e. The number of anilines is 1. The van der Waals surface area contributed by atoms with E-state index in [0.29, 0.717) is 26.7 Å². The number of hydrogen-bond acceptors (Lipinski definition) is 6. The van der Waals surface area contributed by atoms with E-state index in [1.165, 1.54) is 17.6 Å². The summed E-state index contributed by atoms with van der Waals surface area (Å²) in [5.74, 6) is 0.338. The Kier molecular flexibility index (Phi) is 5.36. The molecule has 0 saturated carbocycles. The van der Waals surface area contributed by atoms with Gasteiger partial charge in [0.2, 0.25) is 11.0 Å². The zero-order valence-electron chi connectivity index (χ0n) is 13.4. The van der Waals surface area contributed by atoms with Crippen LogP contribution in [0.25, 0.3) is 11.5 Å². The Morgan fingerprint density at radius 1 is 1.28 bits per heavy atom. The van der Waals surface area contributed by atoms with Gasteiger partial charge in [-0.2, -0.15) is 0 Å². The van der Waals surface area contributed by atoms with Crippen LogP contribution in [0.15, 0.2) is 28.9 Å². The largest absolute Gasteiger partial charge is 0.444 e. The summed E-state index contributed by atoms with van der Waals surface area (Å²) in [6.45, 7) is 4.19. The molecule has 0 saturated heterocycles.